The zero-order valence-corrected chi connectivity index (χ0v) is 9.84. The van der Waals surface area contributed by atoms with Crippen LogP contribution in [0.2, 0.25) is 0 Å². The molecule has 2 heterocycles. The van der Waals surface area contributed by atoms with Crippen LogP contribution in [0.3, 0.4) is 0 Å². The number of ether oxygens (including phenoxy) is 2. The number of hydrogen-bond acceptors (Lipinski definition) is 6. The van der Waals surface area contributed by atoms with Gasteiger partial charge in [0, 0.05) is 16.6 Å². The molecule has 0 N–H and O–H groups in total. The van der Waals surface area contributed by atoms with Gasteiger partial charge in [-0.25, -0.2) is 0 Å². The highest BCUT2D eigenvalue weighted by Crippen LogP contribution is 2.31. The van der Waals surface area contributed by atoms with Crippen LogP contribution in [-0.2, 0) is 25.1 Å². The molecule has 0 radical (unpaired) electrons. The summed E-state index contributed by atoms with van der Waals surface area (Å²) in [5.74, 6) is 0.362. The Kier molecular flexibility index (Phi) is 3.75. The number of nitrogens with zero attached hydrogens (tertiary/aromatic N) is 1. The summed E-state index contributed by atoms with van der Waals surface area (Å²) in [6.45, 7) is 3.89. The molecule has 0 unspecified atom stereocenters. The first-order valence-corrected chi connectivity index (χ1v) is 6.54. The van der Waals surface area contributed by atoms with Gasteiger partial charge in [-0.15, -0.1) is 16.7 Å². The number of rotatable bonds is 5. The number of fused-ring (bicyclic) bond motifs is 1. The molecular formula is C9H13NO6S. The van der Waals surface area contributed by atoms with E-state index in [-0.39, 0.29) is 24.6 Å². The second-order valence-electron chi connectivity index (χ2n) is 3.84. The molecule has 2 saturated heterocycles. The van der Waals surface area contributed by atoms with E-state index in [0.717, 1.165) is 0 Å². The lowest BCUT2D eigenvalue weighted by atomic mass is 10.1. The zero-order chi connectivity index (χ0) is 12.4. The summed E-state index contributed by atoms with van der Waals surface area (Å²) >= 11 is 0. The van der Waals surface area contributed by atoms with Crippen LogP contribution in [-0.4, -0.2) is 51.8 Å². The lowest BCUT2D eigenvalue weighted by molar-refractivity contribution is -0.769. The molecule has 2 fully saturated rings. The molecule has 17 heavy (non-hydrogen) atoms. The van der Waals surface area contributed by atoms with Crippen LogP contribution in [0.25, 0.3) is 0 Å². The summed E-state index contributed by atoms with van der Waals surface area (Å²) in [6, 6.07) is 0. The van der Waals surface area contributed by atoms with E-state index in [1.807, 2.05) is 0 Å². The summed E-state index contributed by atoms with van der Waals surface area (Å²) in [5.41, 5.74) is 0. The van der Waals surface area contributed by atoms with Gasteiger partial charge in [0.1, 0.15) is 12.2 Å². The molecular weight excluding hydrogens is 250 g/mol. The summed E-state index contributed by atoms with van der Waals surface area (Å²) in [7, 11) is -1.13. The van der Waals surface area contributed by atoms with Crippen LogP contribution in [0.5, 0.6) is 0 Å². The second-order valence-corrected chi connectivity index (χ2v) is 5.54. The Labute approximate surface area is 100 Å². The third-order valence-corrected chi connectivity index (χ3v) is 4.45. The Hall–Kier alpha value is -0.990. The molecule has 0 aromatic carbocycles. The Balaban J connectivity index is 1.99. The quantitative estimate of drug-likeness (QED) is 0.383. The van der Waals surface area contributed by atoms with Crippen LogP contribution in [0.4, 0.5) is 0 Å². The predicted molar refractivity (Wildman–Crippen MR) is 58.3 cm³/mol. The summed E-state index contributed by atoms with van der Waals surface area (Å²) < 4.78 is 22.6. The summed E-state index contributed by atoms with van der Waals surface area (Å²) in [4.78, 5) is 14.7. The topological polar surface area (TPSA) is 87.9 Å². The van der Waals surface area contributed by atoms with E-state index in [1.54, 1.807) is 6.08 Å². The molecule has 2 aliphatic rings. The van der Waals surface area contributed by atoms with Gasteiger partial charge in [0.05, 0.1) is 18.5 Å². The SMILES string of the molecule is C=CC[S@@](=O)[C@@H]1CO[C@H]2[C@@H]1OC[C@H]2O[N+](=O)[O-]. The minimum Gasteiger partial charge on any atom is -0.372 e. The van der Waals surface area contributed by atoms with Crippen molar-refractivity contribution in [1.29, 1.82) is 0 Å². The van der Waals surface area contributed by atoms with Crippen molar-refractivity contribution in [2.45, 2.75) is 23.6 Å². The fourth-order valence-corrected chi connectivity index (χ4v) is 3.34. The third-order valence-electron chi connectivity index (χ3n) is 2.80. The van der Waals surface area contributed by atoms with Gasteiger partial charge in [-0.1, -0.05) is 6.08 Å². The van der Waals surface area contributed by atoms with Crippen molar-refractivity contribution in [3.63, 3.8) is 0 Å². The van der Waals surface area contributed by atoms with E-state index in [0.29, 0.717) is 5.75 Å². The van der Waals surface area contributed by atoms with Gasteiger partial charge in [0.15, 0.2) is 6.10 Å². The Morgan fingerprint density at radius 1 is 1.47 bits per heavy atom. The third kappa shape index (κ3) is 2.48. The fraction of sp³-hybridized carbons (Fsp3) is 0.778. The first-order valence-electron chi connectivity index (χ1n) is 5.16. The maximum atomic E-state index is 11.8. The van der Waals surface area contributed by atoms with E-state index in [9.17, 15) is 14.3 Å². The van der Waals surface area contributed by atoms with Crippen molar-refractivity contribution in [3.05, 3.63) is 22.8 Å². The summed E-state index contributed by atoms with van der Waals surface area (Å²) in [5, 5.41) is 9.14. The fourth-order valence-electron chi connectivity index (χ4n) is 2.10. The highest BCUT2D eigenvalue weighted by atomic mass is 32.2. The van der Waals surface area contributed by atoms with Crippen LogP contribution >= 0.6 is 0 Å². The van der Waals surface area contributed by atoms with Crippen molar-refractivity contribution in [1.82, 2.24) is 0 Å². The monoisotopic (exact) mass is 263 g/mol. The van der Waals surface area contributed by atoms with E-state index < -0.39 is 28.1 Å². The summed E-state index contributed by atoms with van der Waals surface area (Å²) in [6.07, 6.45) is -0.0377. The van der Waals surface area contributed by atoms with Crippen molar-refractivity contribution in [2.75, 3.05) is 19.0 Å². The van der Waals surface area contributed by atoms with Crippen molar-refractivity contribution < 1.29 is 23.6 Å². The van der Waals surface area contributed by atoms with Crippen LogP contribution in [0.1, 0.15) is 0 Å². The van der Waals surface area contributed by atoms with Crippen LogP contribution < -0.4 is 0 Å². The molecule has 0 bridgehead atoms. The minimum absolute atomic E-state index is 0.0953. The van der Waals surface area contributed by atoms with Crippen LogP contribution in [0.15, 0.2) is 12.7 Å². The van der Waals surface area contributed by atoms with Crippen molar-refractivity contribution in [2.24, 2.45) is 0 Å². The number of hydrogen-bond donors (Lipinski definition) is 0. The first kappa shape index (κ1) is 12.5. The lowest BCUT2D eigenvalue weighted by Gasteiger charge is -2.14. The highest BCUT2D eigenvalue weighted by Gasteiger charge is 2.51. The standard InChI is InChI=1S/C9H13NO6S/c1-2-3-17(13)7-5-15-8-6(16-10(11)12)4-14-9(7)8/h2,6-9H,1,3-5H2/t6-,7-,8-,9-,17-/m1/s1. The van der Waals surface area contributed by atoms with E-state index in [2.05, 4.69) is 11.4 Å². The second kappa shape index (κ2) is 5.11. The lowest BCUT2D eigenvalue weighted by Crippen LogP contribution is -2.36. The van der Waals surface area contributed by atoms with Gasteiger partial charge in [-0.3, -0.25) is 4.21 Å². The van der Waals surface area contributed by atoms with Gasteiger partial charge >= 0.3 is 0 Å². The normalized spacial score (nSPS) is 37.4. The Morgan fingerprint density at radius 3 is 2.82 bits per heavy atom. The van der Waals surface area contributed by atoms with E-state index in [4.69, 9.17) is 9.47 Å². The zero-order valence-electron chi connectivity index (χ0n) is 9.02. The van der Waals surface area contributed by atoms with Gasteiger partial charge in [-0.2, -0.15) is 0 Å². The molecule has 0 aromatic heterocycles. The molecule has 0 spiro atoms. The largest absolute Gasteiger partial charge is 0.372 e. The molecule has 7 nitrogen and oxygen atoms in total. The van der Waals surface area contributed by atoms with E-state index in [1.165, 1.54) is 0 Å². The molecule has 2 aliphatic heterocycles. The molecule has 5 atom stereocenters. The van der Waals surface area contributed by atoms with Gasteiger partial charge < -0.3 is 14.3 Å². The maximum Gasteiger partial charge on any atom is 0.294 e. The molecule has 0 amide bonds. The van der Waals surface area contributed by atoms with Crippen molar-refractivity contribution in [3.8, 4) is 0 Å². The molecule has 8 heteroatoms. The molecule has 0 saturated carbocycles. The first-order chi connectivity index (χ1) is 8.13. The highest BCUT2D eigenvalue weighted by molar-refractivity contribution is 7.85. The van der Waals surface area contributed by atoms with Gasteiger partial charge in [0.25, 0.3) is 5.09 Å². The predicted octanol–water partition coefficient (Wildman–Crippen LogP) is -0.336. The molecule has 0 aromatic rings. The van der Waals surface area contributed by atoms with Gasteiger partial charge in [0.2, 0.25) is 0 Å². The Morgan fingerprint density at radius 2 is 2.18 bits per heavy atom. The molecule has 96 valence electrons. The average molecular weight is 263 g/mol. The average Bonchev–Trinajstić information content (AvgIpc) is 2.80. The van der Waals surface area contributed by atoms with E-state index >= 15 is 0 Å². The van der Waals surface area contributed by atoms with Crippen LogP contribution in [0, 0.1) is 10.1 Å². The Bertz CT molecular complexity index is 348. The molecule has 2 rings (SSSR count). The van der Waals surface area contributed by atoms with Crippen molar-refractivity contribution >= 4 is 10.8 Å². The smallest absolute Gasteiger partial charge is 0.294 e. The molecule has 0 aliphatic carbocycles. The maximum absolute atomic E-state index is 11.8. The minimum atomic E-state index is -1.13. The van der Waals surface area contributed by atoms with Gasteiger partial charge in [-0.05, 0) is 0 Å².